The highest BCUT2D eigenvalue weighted by Crippen LogP contribution is 2.17. The molecule has 106 valence electrons. The highest BCUT2D eigenvalue weighted by Gasteiger charge is 2.20. The number of hydrogen-bond donors (Lipinski definition) is 3. The predicted molar refractivity (Wildman–Crippen MR) is 73.4 cm³/mol. The Labute approximate surface area is 116 Å². The van der Waals surface area contributed by atoms with Crippen LogP contribution in [-0.4, -0.2) is 75.3 Å². The Kier molecular flexibility index (Phi) is 10.3. The highest BCUT2D eigenvalue weighted by molar-refractivity contribution is 8.23. The van der Waals surface area contributed by atoms with Crippen LogP contribution in [0.5, 0.6) is 0 Å². The van der Waals surface area contributed by atoms with Crippen molar-refractivity contribution in [1.82, 2.24) is 4.90 Å². The van der Waals surface area contributed by atoms with Gasteiger partial charge in [-0.2, -0.15) is 0 Å². The van der Waals surface area contributed by atoms with Crippen LogP contribution in [0.2, 0.25) is 0 Å². The van der Waals surface area contributed by atoms with E-state index in [4.69, 9.17) is 32.3 Å². The van der Waals surface area contributed by atoms with Crippen LogP contribution in [0.25, 0.3) is 0 Å². The van der Waals surface area contributed by atoms with Gasteiger partial charge in [0.25, 0.3) is 0 Å². The van der Waals surface area contributed by atoms with Crippen LogP contribution < -0.4 is 0 Å². The van der Waals surface area contributed by atoms with Crippen LogP contribution in [-0.2, 0) is 9.53 Å². The SMILES string of the molecule is CC(SC(=S)N(CCO)CCO)C(=O)OCCO. The first-order valence-electron chi connectivity index (χ1n) is 5.51. The Morgan fingerprint density at radius 2 is 1.83 bits per heavy atom. The summed E-state index contributed by atoms with van der Waals surface area (Å²) >= 11 is 6.25. The molecule has 0 fully saturated rings. The minimum atomic E-state index is -0.496. The Balaban J connectivity index is 4.21. The fourth-order valence-electron chi connectivity index (χ4n) is 1.07. The van der Waals surface area contributed by atoms with E-state index in [1.807, 2.05) is 0 Å². The number of aliphatic hydroxyl groups excluding tert-OH is 3. The number of hydrogen-bond acceptors (Lipinski definition) is 7. The summed E-state index contributed by atoms with van der Waals surface area (Å²) in [5, 5.41) is 25.8. The predicted octanol–water partition coefficient (Wildman–Crippen LogP) is -0.785. The standard InChI is InChI=1S/C10H19NO5S2/c1-8(9(15)16-7-6-14)18-10(17)11(2-4-12)3-5-13/h8,12-14H,2-7H2,1H3. The quantitative estimate of drug-likeness (QED) is 0.397. The van der Waals surface area contributed by atoms with Crippen molar-refractivity contribution in [2.75, 3.05) is 39.5 Å². The summed E-state index contributed by atoms with van der Waals surface area (Å²) in [5.41, 5.74) is 0. The van der Waals surface area contributed by atoms with Crippen LogP contribution in [0, 0.1) is 0 Å². The molecule has 0 radical (unpaired) electrons. The third kappa shape index (κ3) is 7.12. The zero-order valence-corrected chi connectivity index (χ0v) is 11.9. The zero-order chi connectivity index (χ0) is 14.0. The molecule has 0 aliphatic rings. The van der Waals surface area contributed by atoms with Crippen LogP contribution in [0.15, 0.2) is 0 Å². The number of thiocarbonyl (C=S) groups is 1. The maximum absolute atomic E-state index is 11.4. The molecular weight excluding hydrogens is 278 g/mol. The van der Waals surface area contributed by atoms with Gasteiger partial charge in [0, 0.05) is 13.1 Å². The van der Waals surface area contributed by atoms with Crippen molar-refractivity contribution >= 4 is 34.3 Å². The number of carbonyl (C=O) groups excluding carboxylic acids is 1. The molecule has 0 rings (SSSR count). The number of carbonyl (C=O) groups is 1. The molecule has 0 aromatic carbocycles. The summed E-state index contributed by atoms with van der Waals surface area (Å²) in [7, 11) is 0. The van der Waals surface area contributed by atoms with Gasteiger partial charge in [0.05, 0.1) is 19.8 Å². The Morgan fingerprint density at radius 3 is 2.28 bits per heavy atom. The van der Waals surface area contributed by atoms with Gasteiger partial charge >= 0.3 is 5.97 Å². The minimum Gasteiger partial charge on any atom is -0.462 e. The van der Waals surface area contributed by atoms with Crippen molar-refractivity contribution in [3.63, 3.8) is 0 Å². The van der Waals surface area contributed by atoms with E-state index in [0.717, 1.165) is 11.8 Å². The van der Waals surface area contributed by atoms with Gasteiger partial charge in [-0.3, -0.25) is 4.79 Å². The molecule has 0 saturated carbocycles. The molecule has 0 bridgehead atoms. The normalized spacial score (nSPS) is 12.0. The number of esters is 1. The van der Waals surface area contributed by atoms with Crippen molar-refractivity contribution in [1.29, 1.82) is 0 Å². The van der Waals surface area contributed by atoms with Gasteiger partial charge in [-0.1, -0.05) is 24.0 Å². The molecule has 0 amide bonds. The van der Waals surface area contributed by atoms with E-state index >= 15 is 0 Å². The van der Waals surface area contributed by atoms with Crippen LogP contribution in [0.4, 0.5) is 0 Å². The van der Waals surface area contributed by atoms with E-state index in [0.29, 0.717) is 17.4 Å². The summed E-state index contributed by atoms with van der Waals surface area (Å²) in [6, 6.07) is 0. The summed E-state index contributed by atoms with van der Waals surface area (Å²) < 4.78 is 5.19. The van der Waals surface area contributed by atoms with Crippen molar-refractivity contribution in [3.8, 4) is 0 Å². The Morgan fingerprint density at radius 1 is 1.28 bits per heavy atom. The van der Waals surface area contributed by atoms with Crippen molar-refractivity contribution in [2.45, 2.75) is 12.2 Å². The summed E-state index contributed by atoms with van der Waals surface area (Å²) in [6.45, 7) is 1.86. The lowest BCUT2D eigenvalue weighted by Crippen LogP contribution is -2.34. The van der Waals surface area contributed by atoms with Gasteiger partial charge in [0.1, 0.15) is 16.2 Å². The summed E-state index contributed by atoms with van der Waals surface area (Å²) in [4.78, 5) is 13.1. The first kappa shape index (κ1) is 17.6. The number of nitrogens with zero attached hydrogens (tertiary/aromatic N) is 1. The molecule has 0 saturated heterocycles. The number of aliphatic hydroxyl groups is 3. The summed E-state index contributed by atoms with van der Waals surface area (Å²) in [5.74, 6) is -0.454. The molecule has 0 aromatic rings. The third-order valence-corrected chi connectivity index (χ3v) is 3.50. The molecule has 3 N–H and O–H groups in total. The van der Waals surface area contributed by atoms with Crippen molar-refractivity contribution in [3.05, 3.63) is 0 Å². The molecule has 0 aliphatic carbocycles. The van der Waals surface area contributed by atoms with Crippen LogP contribution in [0.3, 0.4) is 0 Å². The molecule has 1 unspecified atom stereocenters. The lowest BCUT2D eigenvalue weighted by Gasteiger charge is -2.24. The molecule has 0 aromatic heterocycles. The monoisotopic (exact) mass is 297 g/mol. The lowest BCUT2D eigenvalue weighted by atomic mass is 10.5. The van der Waals surface area contributed by atoms with E-state index in [-0.39, 0.29) is 26.4 Å². The van der Waals surface area contributed by atoms with E-state index in [1.165, 1.54) is 0 Å². The van der Waals surface area contributed by atoms with E-state index in [9.17, 15) is 4.79 Å². The minimum absolute atomic E-state index is 0.0342. The first-order chi connectivity index (χ1) is 8.56. The molecule has 6 nitrogen and oxygen atoms in total. The fraction of sp³-hybridized carbons (Fsp3) is 0.800. The molecular formula is C10H19NO5S2. The highest BCUT2D eigenvalue weighted by atomic mass is 32.2. The van der Waals surface area contributed by atoms with Gasteiger partial charge < -0.3 is 25.0 Å². The van der Waals surface area contributed by atoms with E-state index in [1.54, 1.807) is 11.8 Å². The second-order valence-electron chi connectivity index (χ2n) is 3.35. The summed E-state index contributed by atoms with van der Waals surface area (Å²) in [6.07, 6.45) is 0. The van der Waals surface area contributed by atoms with Crippen molar-refractivity contribution in [2.24, 2.45) is 0 Å². The number of ether oxygens (including phenoxy) is 1. The molecule has 0 aliphatic heterocycles. The van der Waals surface area contributed by atoms with Gasteiger partial charge in [-0.25, -0.2) is 0 Å². The maximum Gasteiger partial charge on any atom is 0.319 e. The second kappa shape index (κ2) is 10.5. The smallest absolute Gasteiger partial charge is 0.319 e. The van der Waals surface area contributed by atoms with Gasteiger partial charge in [-0.15, -0.1) is 0 Å². The molecule has 18 heavy (non-hydrogen) atoms. The molecule has 1 atom stereocenters. The fourth-order valence-corrected chi connectivity index (χ4v) is 2.49. The van der Waals surface area contributed by atoms with Crippen LogP contribution >= 0.6 is 24.0 Å². The molecule has 0 heterocycles. The maximum atomic E-state index is 11.4. The van der Waals surface area contributed by atoms with E-state index < -0.39 is 11.2 Å². The number of thioether (sulfide) groups is 1. The largest absolute Gasteiger partial charge is 0.462 e. The first-order valence-corrected chi connectivity index (χ1v) is 6.80. The topological polar surface area (TPSA) is 90.2 Å². The second-order valence-corrected chi connectivity index (χ2v) is 5.33. The third-order valence-electron chi connectivity index (χ3n) is 1.94. The number of rotatable bonds is 8. The lowest BCUT2D eigenvalue weighted by molar-refractivity contribution is -0.143. The zero-order valence-electron chi connectivity index (χ0n) is 10.2. The molecule has 0 spiro atoms. The van der Waals surface area contributed by atoms with E-state index in [2.05, 4.69) is 0 Å². The Bertz CT molecular complexity index is 259. The molecule has 8 heteroatoms. The average Bonchev–Trinajstić information content (AvgIpc) is 2.35. The Hall–Kier alpha value is -0.410. The average molecular weight is 297 g/mol. The van der Waals surface area contributed by atoms with Crippen molar-refractivity contribution < 1.29 is 24.9 Å². The van der Waals surface area contributed by atoms with Gasteiger partial charge in [0.2, 0.25) is 0 Å². The van der Waals surface area contributed by atoms with Gasteiger partial charge in [-0.05, 0) is 6.92 Å². The van der Waals surface area contributed by atoms with Crippen LogP contribution in [0.1, 0.15) is 6.92 Å². The van der Waals surface area contributed by atoms with Gasteiger partial charge in [0.15, 0.2) is 0 Å².